The Bertz CT molecular complexity index is 761. The van der Waals surface area contributed by atoms with Crippen LogP contribution in [0.4, 0.5) is 5.69 Å². The summed E-state index contributed by atoms with van der Waals surface area (Å²) < 4.78 is 6.43. The zero-order chi connectivity index (χ0) is 17.0. The van der Waals surface area contributed by atoms with Gasteiger partial charge in [0.15, 0.2) is 0 Å². The Morgan fingerprint density at radius 3 is 2.52 bits per heavy atom. The molecular formula is C16H19ClN4O2. The number of rotatable bonds is 4. The monoisotopic (exact) mass is 334 g/mol. The molecule has 0 saturated heterocycles. The van der Waals surface area contributed by atoms with Crippen LogP contribution in [-0.2, 0) is 5.54 Å². The molecule has 0 aliphatic heterocycles. The fourth-order valence-corrected chi connectivity index (χ4v) is 2.03. The first-order valence-electron chi connectivity index (χ1n) is 7.04. The van der Waals surface area contributed by atoms with Crippen molar-refractivity contribution in [1.82, 2.24) is 9.78 Å². The lowest BCUT2D eigenvalue weighted by atomic mass is 10.1. The summed E-state index contributed by atoms with van der Waals surface area (Å²) in [5.41, 5.74) is 3.19. The van der Waals surface area contributed by atoms with E-state index >= 15 is 0 Å². The van der Waals surface area contributed by atoms with Crippen molar-refractivity contribution in [3.8, 4) is 5.75 Å². The molecule has 0 fully saturated rings. The summed E-state index contributed by atoms with van der Waals surface area (Å²) >= 11 is 6.10. The number of ether oxygens (including phenoxy) is 1. The molecule has 122 valence electrons. The van der Waals surface area contributed by atoms with Crippen LogP contribution in [0.15, 0.2) is 40.4 Å². The van der Waals surface area contributed by atoms with Gasteiger partial charge >= 0.3 is 0 Å². The summed E-state index contributed by atoms with van der Waals surface area (Å²) in [6.07, 6.45) is 3.10. The maximum absolute atomic E-state index is 12.2. The van der Waals surface area contributed by atoms with Gasteiger partial charge < -0.3 is 4.74 Å². The topological polar surface area (TPSA) is 68.5 Å². The smallest absolute Gasteiger partial charge is 0.288 e. The molecule has 6 nitrogen and oxygen atoms in total. The molecule has 23 heavy (non-hydrogen) atoms. The summed E-state index contributed by atoms with van der Waals surface area (Å²) in [5.74, 6) is 0.771. The van der Waals surface area contributed by atoms with Crippen LogP contribution in [0.1, 0.15) is 26.3 Å². The zero-order valence-electron chi connectivity index (χ0n) is 13.5. The average Bonchev–Trinajstić information content (AvgIpc) is 2.51. The molecule has 0 bridgehead atoms. The van der Waals surface area contributed by atoms with Crippen LogP contribution in [0, 0.1) is 0 Å². The zero-order valence-corrected chi connectivity index (χ0v) is 14.3. The molecule has 0 aliphatic carbocycles. The van der Waals surface area contributed by atoms with Gasteiger partial charge in [0.05, 0.1) is 25.1 Å². The molecule has 2 rings (SSSR count). The van der Waals surface area contributed by atoms with Gasteiger partial charge in [0.2, 0.25) is 0 Å². The number of halogens is 1. The van der Waals surface area contributed by atoms with Gasteiger partial charge in [-0.3, -0.25) is 10.2 Å². The van der Waals surface area contributed by atoms with Crippen molar-refractivity contribution in [2.24, 2.45) is 5.10 Å². The summed E-state index contributed by atoms with van der Waals surface area (Å²) in [6.45, 7) is 5.64. The fourth-order valence-electron chi connectivity index (χ4n) is 1.85. The van der Waals surface area contributed by atoms with Gasteiger partial charge in [0, 0.05) is 0 Å². The van der Waals surface area contributed by atoms with Gasteiger partial charge in [-0.15, -0.1) is 0 Å². The van der Waals surface area contributed by atoms with Crippen molar-refractivity contribution in [2.45, 2.75) is 26.3 Å². The second kappa shape index (κ2) is 6.83. The van der Waals surface area contributed by atoms with Gasteiger partial charge in [-0.25, -0.2) is 4.68 Å². The van der Waals surface area contributed by atoms with Crippen LogP contribution in [0.3, 0.4) is 0 Å². The molecule has 1 heterocycles. The predicted molar refractivity (Wildman–Crippen MR) is 92.7 cm³/mol. The molecule has 0 spiro atoms. The minimum atomic E-state index is -0.439. The summed E-state index contributed by atoms with van der Waals surface area (Å²) in [4.78, 5) is 12.2. The standard InChI is InChI=1S/C16H19ClN4O2/c1-16(2,3)21-15(22)14(17)13(10-19-21)20-18-9-11-5-7-12(23-4)8-6-11/h5-10,20H,1-4H3. The van der Waals surface area contributed by atoms with Crippen LogP contribution in [0.25, 0.3) is 0 Å². The number of hydrogen-bond acceptors (Lipinski definition) is 5. The van der Waals surface area contributed by atoms with Crippen molar-refractivity contribution in [3.63, 3.8) is 0 Å². The normalized spacial score (nSPS) is 11.7. The molecule has 0 aliphatic rings. The largest absolute Gasteiger partial charge is 0.497 e. The SMILES string of the molecule is COc1ccc(C=NNc2cnn(C(C)(C)C)c(=O)c2Cl)cc1. The third-order valence-corrected chi connectivity index (χ3v) is 3.43. The van der Waals surface area contributed by atoms with E-state index in [0.717, 1.165) is 11.3 Å². The maximum Gasteiger partial charge on any atom is 0.288 e. The van der Waals surface area contributed by atoms with Crippen LogP contribution in [-0.4, -0.2) is 23.1 Å². The first kappa shape index (κ1) is 17.0. The number of hydrazone groups is 1. The number of benzene rings is 1. The van der Waals surface area contributed by atoms with Crippen LogP contribution >= 0.6 is 11.6 Å². The predicted octanol–water partition coefficient (Wildman–Crippen LogP) is 3.11. The molecule has 0 saturated carbocycles. The molecule has 1 aromatic carbocycles. The highest BCUT2D eigenvalue weighted by Gasteiger charge is 2.19. The molecule has 1 aromatic heterocycles. The van der Waals surface area contributed by atoms with E-state index in [2.05, 4.69) is 15.6 Å². The Labute approximate surface area is 139 Å². The molecule has 0 unspecified atom stereocenters. The number of aromatic nitrogens is 2. The summed E-state index contributed by atoms with van der Waals surface area (Å²) in [5, 5.41) is 8.26. The van der Waals surface area contributed by atoms with Crippen molar-refractivity contribution >= 4 is 23.5 Å². The Balaban J connectivity index is 2.16. The number of nitrogens with one attached hydrogen (secondary N) is 1. The van der Waals surface area contributed by atoms with Gasteiger partial charge in [-0.1, -0.05) is 11.6 Å². The van der Waals surface area contributed by atoms with E-state index in [4.69, 9.17) is 16.3 Å². The molecule has 2 aromatic rings. The maximum atomic E-state index is 12.2. The van der Waals surface area contributed by atoms with E-state index in [-0.39, 0.29) is 10.6 Å². The number of nitrogens with zero attached hydrogens (tertiary/aromatic N) is 3. The van der Waals surface area contributed by atoms with E-state index in [0.29, 0.717) is 5.69 Å². The summed E-state index contributed by atoms with van der Waals surface area (Å²) in [7, 11) is 1.61. The van der Waals surface area contributed by atoms with Crippen LogP contribution in [0.2, 0.25) is 5.02 Å². The Morgan fingerprint density at radius 1 is 1.30 bits per heavy atom. The second-order valence-corrected chi connectivity index (χ2v) is 6.28. The van der Waals surface area contributed by atoms with Crippen LogP contribution < -0.4 is 15.7 Å². The van der Waals surface area contributed by atoms with E-state index in [1.54, 1.807) is 13.3 Å². The molecule has 7 heteroatoms. The quantitative estimate of drug-likeness (QED) is 0.689. The molecule has 0 atom stereocenters. The molecular weight excluding hydrogens is 316 g/mol. The highest BCUT2D eigenvalue weighted by atomic mass is 35.5. The fraction of sp³-hybridized carbons (Fsp3) is 0.312. The number of anilines is 1. The van der Waals surface area contributed by atoms with Crippen molar-refractivity contribution in [3.05, 3.63) is 51.4 Å². The lowest BCUT2D eigenvalue weighted by Gasteiger charge is -2.20. The number of hydrogen-bond donors (Lipinski definition) is 1. The lowest BCUT2D eigenvalue weighted by Crippen LogP contribution is -2.36. The average molecular weight is 335 g/mol. The van der Waals surface area contributed by atoms with E-state index < -0.39 is 5.54 Å². The molecule has 1 N–H and O–H groups in total. The van der Waals surface area contributed by atoms with E-state index in [9.17, 15) is 4.79 Å². The van der Waals surface area contributed by atoms with Crippen molar-refractivity contribution < 1.29 is 4.74 Å². The van der Waals surface area contributed by atoms with Gasteiger partial charge in [-0.05, 0) is 50.6 Å². The Morgan fingerprint density at radius 2 is 1.96 bits per heavy atom. The van der Waals surface area contributed by atoms with Crippen LogP contribution in [0.5, 0.6) is 5.75 Å². The second-order valence-electron chi connectivity index (χ2n) is 5.90. The Hall–Kier alpha value is -2.34. The highest BCUT2D eigenvalue weighted by Crippen LogP contribution is 2.18. The molecule has 0 radical (unpaired) electrons. The first-order valence-corrected chi connectivity index (χ1v) is 7.42. The van der Waals surface area contributed by atoms with Gasteiger partial charge in [-0.2, -0.15) is 10.2 Å². The minimum Gasteiger partial charge on any atom is -0.497 e. The third kappa shape index (κ3) is 4.10. The van der Waals surface area contributed by atoms with Gasteiger partial charge in [0.1, 0.15) is 16.5 Å². The highest BCUT2D eigenvalue weighted by molar-refractivity contribution is 6.32. The molecule has 0 amide bonds. The first-order chi connectivity index (χ1) is 10.8. The summed E-state index contributed by atoms with van der Waals surface area (Å²) in [6, 6.07) is 7.39. The van der Waals surface area contributed by atoms with Gasteiger partial charge in [0.25, 0.3) is 5.56 Å². The van der Waals surface area contributed by atoms with Crippen molar-refractivity contribution in [1.29, 1.82) is 0 Å². The number of methoxy groups -OCH3 is 1. The lowest BCUT2D eigenvalue weighted by molar-refractivity contribution is 0.338. The minimum absolute atomic E-state index is 0.0572. The Kier molecular flexibility index (Phi) is 5.05. The third-order valence-electron chi connectivity index (χ3n) is 3.07. The van der Waals surface area contributed by atoms with E-state index in [1.807, 2.05) is 45.0 Å². The van der Waals surface area contributed by atoms with E-state index in [1.165, 1.54) is 10.9 Å². The van der Waals surface area contributed by atoms with Crippen molar-refractivity contribution in [2.75, 3.05) is 12.5 Å².